The number of nitrogens with zero attached hydrogens (tertiary/aromatic N) is 2. The molecule has 0 aliphatic carbocycles. The number of likely N-dealkylation sites (N-methyl/N-ethyl adjacent to an activating group) is 1. The number of carbonyl (C=O) groups is 2. The highest BCUT2D eigenvalue weighted by Crippen LogP contribution is 2.28. The van der Waals surface area contributed by atoms with Crippen molar-refractivity contribution in [2.75, 3.05) is 13.6 Å². The van der Waals surface area contributed by atoms with Crippen molar-refractivity contribution in [3.8, 4) is 0 Å². The van der Waals surface area contributed by atoms with Crippen LogP contribution in [0, 0.1) is 5.82 Å². The van der Waals surface area contributed by atoms with E-state index in [-0.39, 0.29) is 11.6 Å². The second-order valence-corrected chi connectivity index (χ2v) is 6.54. The molecule has 0 N–H and O–H groups in total. The number of Topliss-reactive ketones (excluding diaryl/α,β-unsaturated/α-hetero) is 1. The predicted molar refractivity (Wildman–Crippen MR) is 81.3 cm³/mol. The Bertz CT molecular complexity index is 711. The Morgan fingerprint density at radius 1 is 1.27 bits per heavy atom. The van der Waals surface area contributed by atoms with E-state index < -0.39 is 11.8 Å². The van der Waals surface area contributed by atoms with Crippen LogP contribution in [0.4, 0.5) is 4.39 Å². The number of rotatable bonds is 4. The van der Waals surface area contributed by atoms with Gasteiger partial charge in [-0.2, -0.15) is 0 Å². The molecule has 1 aromatic carbocycles. The summed E-state index contributed by atoms with van der Waals surface area (Å²) in [5.41, 5.74) is 1.06. The van der Waals surface area contributed by atoms with E-state index >= 15 is 0 Å². The van der Waals surface area contributed by atoms with Crippen LogP contribution in [-0.4, -0.2) is 35.2 Å². The average Bonchev–Trinajstić information content (AvgIpc) is 3.07. The number of aromatic nitrogens is 1. The summed E-state index contributed by atoms with van der Waals surface area (Å²) in [6.45, 7) is 0.405. The molecule has 2 aromatic rings. The standard InChI is InChI=1S/C16H15FN2O2S/c1-19-9-13(14(20)16(19)21)15-18-8-12(22-15)7-4-10-2-5-11(17)6-3-10/h2-3,5-6,8,13H,4,7,9H2,1H3. The van der Waals surface area contributed by atoms with E-state index in [1.807, 2.05) is 0 Å². The first-order valence-corrected chi connectivity index (χ1v) is 7.84. The maximum absolute atomic E-state index is 12.9. The highest BCUT2D eigenvalue weighted by Gasteiger charge is 2.39. The second kappa shape index (κ2) is 5.96. The summed E-state index contributed by atoms with van der Waals surface area (Å²) in [6, 6.07) is 6.44. The number of amides is 1. The molecule has 0 saturated carbocycles. The zero-order valence-corrected chi connectivity index (χ0v) is 12.9. The number of likely N-dealkylation sites (tertiary alicyclic amines) is 1. The van der Waals surface area contributed by atoms with Crippen molar-refractivity contribution in [2.45, 2.75) is 18.8 Å². The molecule has 0 radical (unpaired) electrons. The quantitative estimate of drug-likeness (QED) is 0.812. The van der Waals surface area contributed by atoms with Gasteiger partial charge in [0.2, 0.25) is 5.78 Å². The van der Waals surface area contributed by atoms with E-state index in [4.69, 9.17) is 0 Å². The molecule has 1 atom stereocenters. The molecule has 1 unspecified atom stereocenters. The molecule has 6 heteroatoms. The Hall–Kier alpha value is -2.08. The number of aryl methyl sites for hydroxylation is 2. The third-order valence-corrected chi connectivity index (χ3v) is 4.94. The van der Waals surface area contributed by atoms with Crippen molar-refractivity contribution in [1.82, 2.24) is 9.88 Å². The summed E-state index contributed by atoms with van der Waals surface area (Å²) in [5, 5.41) is 0.705. The molecule has 1 aromatic heterocycles. The topological polar surface area (TPSA) is 50.3 Å². The van der Waals surface area contributed by atoms with Crippen LogP contribution in [0.5, 0.6) is 0 Å². The summed E-state index contributed by atoms with van der Waals surface area (Å²) in [7, 11) is 1.63. The molecule has 2 heterocycles. The smallest absolute Gasteiger partial charge is 0.290 e. The van der Waals surface area contributed by atoms with E-state index in [0.717, 1.165) is 23.3 Å². The van der Waals surface area contributed by atoms with Crippen LogP contribution in [0.2, 0.25) is 0 Å². The number of benzene rings is 1. The third-order valence-electron chi connectivity index (χ3n) is 3.77. The molecule has 114 valence electrons. The summed E-state index contributed by atoms with van der Waals surface area (Å²) in [6.07, 6.45) is 3.34. The van der Waals surface area contributed by atoms with Gasteiger partial charge in [0.05, 0.1) is 5.92 Å². The Morgan fingerprint density at radius 3 is 2.64 bits per heavy atom. The van der Waals surface area contributed by atoms with Gasteiger partial charge in [0, 0.05) is 24.7 Å². The molecule has 1 aliphatic heterocycles. The first-order chi connectivity index (χ1) is 10.5. The van der Waals surface area contributed by atoms with Gasteiger partial charge in [-0.15, -0.1) is 11.3 Å². The monoisotopic (exact) mass is 318 g/mol. The third kappa shape index (κ3) is 2.92. The van der Waals surface area contributed by atoms with Gasteiger partial charge in [-0.05, 0) is 30.5 Å². The van der Waals surface area contributed by atoms with Crippen LogP contribution < -0.4 is 0 Å². The maximum Gasteiger partial charge on any atom is 0.290 e. The van der Waals surface area contributed by atoms with E-state index in [1.165, 1.54) is 28.4 Å². The fourth-order valence-electron chi connectivity index (χ4n) is 2.49. The fourth-order valence-corrected chi connectivity index (χ4v) is 3.49. The maximum atomic E-state index is 12.9. The zero-order valence-electron chi connectivity index (χ0n) is 12.1. The molecular formula is C16H15FN2O2S. The second-order valence-electron chi connectivity index (χ2n) is 5.39. The first kappa shape index (κ1) is 14.8. The normalized spacial score (nSPS) is 18.3. The van der Waals surface area contributed by atoms with Crippen molar-refractivity contribution in [2.24, 2.45) is 0 Å². The van der Waals surface area contributed by atoms with Gasteiger partial charge in [0.15, 0.2) is 0 Å². The summed E-state index contributed by atoms with van der Waals surface area (Å²) >= 11 is 1.48. The minimum Gasteiger partial charge on any atom is -0.338 e. The van der Waals surface area contributed by atoms with Gasteiger partial charge in [-0.25, -0.2) is 9.37 Å². The van der Waals surface area contributed by atoms with E-state index in [9.17, 15) is 14.0 Å². The van der Waals surface area contributed by atoms with Crippen molar-refractivity contribution < 1.29 is 14.0 Å². The number of thiazole rings is 1. The van der Waals surface area contributed by atoms with E-state index in [0.29, 0.717) is 11.6 Å². The Kier molecular flexibility index (Phi) is 4.02. The highest BCUT2D eigenvalue weighted by molar-refractivity contribution is 7.11. The largest absolute Gasteiger partial charge is 0.338 e. The summed E-state index contributed by atoms with van der Waals surface area (Å²) in [5.74, 6) is -1.48. The molecule has 0 spiro atoms. The number of halogens is 1. The van der Waals surface area contributed by atoms with Gasteiger partial charge >= 0.3 is 0 Å². The lowest BCUT2D eigenvalue weighted by molar-refractivity contribution is -0.139. The lowest BCUT2D eigenvalue weighted by Gasteiger charge is -2.05. The summed E-state index contributed by atoms with van der Waals surface area (Å²) < 4.78 is 12.9. The lowest BCUT2D eigenvalue weighted by atomic mass is 10.1. The van der Waals surface area contributed by atoms with Crippen LogP contribution in [0.1, 0.15) is 21.4 Å². The average molecular weight is 318 g/mol. The van der Waals surface area contributed by atoms with Crippen molar-refractivity contribution in [3.63, 3.8) is 0 Å². The lowest BCUT2D eigenvalue weighted by Crippen LogP contribution is -2.22. The highest BCUT2D eigenvalue weighted by atomic mass is 32.1. The predicted octanol–water partition coefficient (Wildman–Crippen LogP) is 2.19. The minimum atomic E-state index is -0.437. The first-order valence-electron chi connectivity index (χ1n) is 7.03. The molecule has 3 rings (SSSR count). The van der Waals surface area contributed by atoms with Crippen LogP contribution in [-0.2, 0) is 22.4 Å². The van der Waals surface area contributed by atoms with Gasteiger partial charge in [-0.1, -0.05) is 12.1 Å². The number of ketones is 1. The Morgan fingerprint density at radius 2 is 2.00 bits per heavy atom. The number of hydrogen-bond donors (Lipinski definition) is 0. The number of hydrogen-bond acceptors (Lipinski definition) is 4. The van der Waals surface area contributed by atoms with Gasteiger partial charge in [-0.3, -0.25) is 9.59 Å². The van der Waals surface area contributed by atoms with Gasteiger partial charge < -0.3 is 4.90 Å². The molecule has 4 nitrogen and oxygen atoms in total. The SMILES string of the molecule is CN1CC(c2ncc(CCc3ccc(F)cc3)s2)C(=O)C1=O. The van der Waals surface area contributed by atoms with E-state index in [1.54, 1.807) is 25.4 Å². The van der Waals surface area contributed by atoms with Crippen LogP contribution >= 0.6 is 11.3 Å². The molecule has 0 bridgehead atoms. The van der Waals surface area contributed by atoms with Crippen LogP contribution in [0.25, 0.3) is 0 Å². The van der Waals surface area contributed by atoms with Crippen LogP contribution in [0.3, 0.4) is 0 Å². The molecule has 1 saturated heterocycles. The van der Waals surface area contributed by atoms with Gasteiger partial charge in [0.25, 0.3) is 5.91 Å². The fraction of sp³-hybridized carbons (Fsp3) is 0.312. The molecular weight excluding hydrogens is 303 g/mol. The van der Waals surface area contributed by atoms with Crippen molar-refractivity contribution in [3.05, 3.63) is 51.7 Å². The Labute approximate surface area is 131 Å². The van der Waals surface area contributed by atoms with Crippen LogP contribution in [0.15, 0.2) is 30.5 Å². The van der Waals surface area contributed by atoms with Crippen molar-refractivity contribution in [1.29, 1.82) is 0 Å². The van der Waals surface area contributed by atoms with Crippen molar-refractivity contribution >= 4 is 23.0 Å². The zero-order chi connectivity index (χ0) is 15.7. The minimum absolute atomic E-state index is 0.239. The Balaban J connectivity index is 1.65. The molecule has 1 aliphatic rings. The molecule has 1 amide bonds. The summed E-state index contributed by atoms with van der Waals surface area (Å²) in [4.78, 5) is 30.2. The van der Waals surface area contributed by atoms with Gasteiger partial charge in [0.1, 0.15) is 10.8 Å². The number of carbonyl (C=O) groups excluding carboxylic acids is 2. The van der Waals surface area contributed by atoms with E-state index in [2.05, 4.69) is 4.98 Å². The molecule has 22 heavy (non-hydrogen) atoms. The molecule has 1 fully saturated rings.